The van der Waals surface area contributed by atoms with Gasteiger partial charge in [-0.2, -0.15) is 0 Å². The Bertz CT molecular complexity index is 331. The number of hydrogen-bond donors (Lipinski definition) is 2. The lowest BCUT2D eigenvalue weighted by Crippen LogP contribution is -2.57. The maximum absolute atomic E-state index is 12.2. The quantitative estimate of drug-likeness (QED) is 0.804. The van der Waals surface area contributed by atoms with Crippen LogP contribution >= 0.6 is 12.4 Å². The molecule has 2 unspecified atom stereocenters. The fourth-order valence-corrected chi connectivity index (χ4v) is 3.08. The van der Waals surface area contributed by atoms with E-state index in [1.807, 2.05) is 27.7 Å². The monoisotopic (exact) mass is 318 g/mol. The molecule has 0 aromatic rings. The standard InChI is InChI=1S/C15H30N4O.ClH/c1-12(14(20)17-15(2,3)4)18-7-9-19(10-8-18)13-5-6-16-11-13;/h12-13,16H,5-11H2,1-4H3,(H,17,20);1H. The van der Waals surface area contributed by atoms with Crippen LogP contribution in [0.2, 0.25) is 0 Å². The molecular formula is C15H31ClN4O. The number of nitrogens with zero attached hydrogens (tertiary/aromatic N) is 2. The number of rotatable bonds is 3. The van der Waals surface area contributed by atoms with E-state index in [1.165, 1.54) is 6.42 Å². The van der Waals surface area contributed by atoms with Crippen molar-refractivity contribution in [3.63, 3.8) is 0 Å². The van der Waals surface area contributed by atoms with Gasteiger partial charge in [-0.15, -0.1) is 12.4 Å². The highest BCUT2D eigenvalue weighted by molar-refractivity contribution is 5.85. The maximum atomic E-state index is 12.2. The summed E-state index contributed by atoms with van der Waals surface area (Å²) in [7, 11) is 0. The van der Waals surface area contributed by atoms with Crippen LogP contribution in [0.1, 0.15) is 34.1 Å². The lowest BCUT2D eigenvalue weighted by molar-refractivity contribution is -0.128. The van der Waals surface area contributed by atoms with Crippen LogP contribution in [-0.4, -0.2) is 72.6 Å². The normalized spacial score (nSPS) is 26.2. The van der Waals surface area contributed by atoms with Gasteiger partial charge in [-0.05, 0) is 40.7 Å². The molecule has 6 heteroatoms. The van der Waals surface area contributed by atoms with Crippen molar-refractivity contribution in [1.29, 1.82) is 0 Å². The van der Waals surface area contributed by atoms with E-state index in [1.54, 1.807) is 0 Å². The Morgan fingerprint density at radius 2 is 1.86 bits per heavy atom. The summed E-state index contributed by atoms with van der Waals surface area (Å²) in [5.41, 5.74) is -0.150. The van der Waals surface area contributed by atoms with Crippen molar-refractivity contribution < 1.29 is 4.79 Å². The first-order valence-electron chi connectivity index (χ1n) is 7.88. The van der Waals surface area contributed by atoms with Crippen LogP contribution in [0.3, 0.4) is 0 Å². The first-order chi connectivity index (χ1) is 9.37. The summed E-state index contributed by atoms with van der Waals surface area (Å²) in [4.78, 5) is 17.1. The van der Waals surface area contributed by atoms with Crippen LogP contribution < -0.4 is 10.6 Å². The van der Waals surface area contributed by atoms with Crippen LogP contribution in [0.4, 0.5) is 0 Å². The number of nitrogens with one attached hydrogen (secondary N) is 2. The molecule has 2 rings (SSSR count). The smallest absolute Gasteiger partial charge is 0.237 e. The van der Waals surface area contributed by atoms with Crippen LogP contribution in [0.5, 0.6) is 0 Å². The van der Waals surface area contributed by atoms with Gasteiger partial charge in [-0.1, -0.05) is 0 Å². The van der Waals surface area contributed by atoms with Crippen molar-refractivity contribution in [2.75, 3.05) is 39.3 Å². The van der Waals surface area contributed by atoms with E-state index in [0.29, 0.717) is 6.04 Å². The molecule has 0 saturated carbocycles. The predicted octanol–water partition coefficient (Wildman–Crippen LogP) is 0.691. The Balaban J connectivity index is 0.00000220. The largest absolute Gasteiger partial charge is 0.350 e. The van der Waals surface area contributed by atoms with Crippen molar-refractivity contribution in [2.45, 2.75) is 51.7 Å². The summed E-state index contributed by atoms with van der Waals surface area (Å²) >= 11 is 0. The van der Waals surface area contributed by atoms with Gasteiger partial charge < -0.3 is 10.6 Å². The van der Waals surface area contributed by atoms with Crippen LogP contribution in [0.25, 0.3) is 0 Å². The van der Waals surface area contributed by atoms with E-state index in [2.05, 4.69) is 20.4 Å². The number of piperazine rings is 1. The summed E-state index contributed by atoms with van der Waals surface area (Å²) in [6.45, 7) is 14.5. The number of amides is 1. The topological polar surface area (TPSA) is 47.6 Å². The molecule has 0 aromatic heterocycles. The van der Waals surface area contributed by atoms with E-state index in [9.17, 15) is 4.79 Å². The molecule has 5 nitrogen and oxygen atoms in total. The van der Waals surface area contributed by atoms with Gasteiger partial charge in [-0.3, -0.25) is 14.6 Å². The molecule has 0 radical (unpaired) electrons. The van der Waals surface area contributed by atoms with Crippen molar-refractivity contribution in [1.82, 2.24) is 20.4 Å². The van der Waals surface area contributed by atoms with E-state index < -0.39 is 0 Å². The Morgan fingerprint density at radius 3 is 2.33 bits per heavy atom. The molecule has 2 fully saturated rings. The van der Waals surface area contributed by atoms with Crippen molar-refractivity contribution in [3.8, 4) is 0 Å². The maximum Gasteiger partial charge on any atom is 0.237 e. The summed E-state index contributed by atoms with van der Waals surface area (Å²) in [5.74, 6) is 0.147. The van der Waals surface area contributed by atoms with Gasteiger partial charge in [0.2, 0.25) is 5.91 Å². The van der Waals surface area contributed by atoms with Crippen LogP contribution in [-0.2, 0) is 4.79 Å². The fraction of sp³-hybridized carbons (Fsp3) is 0.933. The highest BCUT2D eigenvalue weighted by atomic mass is 35.5. The average molecular weight is 319 g/mol. The molecule has 2 aliphatic rings. The molecule has 0 aromatic carbocycles. The SMILES string of the molecule is CC(C(=O)NC(C)(C)C)N1CCN(C2CCNC2)CC1.Cl. The van der Waals surface area contributed by atoms with E-state index in [4.69, 9.17) is 0 Å². The Kier molecular flexibility index (Phi) is 6.91. The van der Waals surface area contributed by atoms with E-state index in [0.717, 1.165) is 39.3 Å². The highest BCUT2D eigenvalue weighted by Gasteiger charge is 2.30. The second-order valence-electron chi connectivity index (χ2n) is 7.13. The molecule has 21 heavy (non-hydrogen) atoms. The minimum atomic E-state index is -0.150. The number of halogens is 1. The van der Waals surface area contributed by atoms with Crippen molar-refractivity contribution in [2.24, 2.45) is 0 Å². The summed E-state index contributed by atoms with van der Waals surface area (Å²) < 4.78 is 0. The lowest BCUT2D eigenvalue weighted by atomic mass is 10.1. The minimum absolute atomic E-state index is 0. The Labute approximate surface area is 135 Å². The summed E-state index contributed by atoms with van der Waals surface area (Å²) in [6, 6.07) is 0.675. The average Bonchev–Trinajstić information content (AvgIpc) is 2.90. The zero-order valence-electron chi connectivity index (χ0n) is 13.8. The fourth-order valence-electron chi connectivity index (χ4n) is 3.08. The van der Waals surface area contributed by atoms with Gasteiger partial charge in [0.05, 0.1) is 6.04 Å². The molecule has 0 aliphatic carbocycles. The molecule has 0 bridgehead atoms. The van der Waals surface area contributed by atoms with E-state index >= 15 is 0 Å². The van der Waals surface area contributed by atoms with Gasteiger partial charge in [0, 0.05) is 44.3 Å². The van der Waals surface area contributed by atoms with E-state index in [-0.39, 0.29) is 29.9 Å². The lowest BCUT2D eigenvalue weighted by Gasteiger charge is -2.40. The summed E-state index contributed by atoms with van der Waals surface area (Å²) in [5, 5.41) is 6.51. The predicted molar refractivity (Wildman–Crippen MR) is 89.0 cm³/mol. The number of carbonyl (C=O) groups excluding carboxylic acids is 1. The highest BCUT2D eigenvalue weighted by Crippen LogP contribution is 2.14. The van der Waals surface area contributed by atoms with Gasteiger partial charge in [0.15, 0.2) is 0 Å². The zero-order chi connectivity index (χ0) is 14.8. The molecule has 2 N–H and O–H groups in total. The van der Waals surface area contributed by atoms with Gasteiger partial charge in [-0.25, -0.2) is 0 Å². The molecule has 124 valence electrons. The first kappa shape index (κ1) is 18.7. The molecule has 0 spiro atoms. The zero-order valence-corrected chi connectivity index (χ0v) is 14.6. The first-order valence-corrected chi connectivity index (χ1v) is 7.88. The molecule has 2 atom stereocenters. The second kappa shape index (κ2) is 7.77. The molecular weight excluding hydrogens is 288 g/mol. The van der Waals surface area contributed by atoms with Gasteiger partial charge >= 0.3 is 0 Å². The molecule has 2 aliphatic heterocycles. The van der Waals surface area contributed by atoms with Crippen molar-refractivity contribution in [3.05, 3.63) is 0 Å². The summed E-state index contributed by atoms with van der Waals surface area (Å²) in [6.07, 6.45) is 1.26. The Morgan fingerprint density at radius 1 is 1.24 bits per heavy atom. The molecule has 1 amide bonds. The van der Waals surface area contributed by atoms with Gasteiger partial charge in [0.25, 0.3) is 0 Å². The molecule has 2 saturated heterocycles. The number of carbonyl (C=O) groups is 1. The minimum Gasteiger partial charge on any atom is -0.350 e. The third-order valence-electron chi connectivity index (χ3n) is 4.32. The van der Waals surface area contributed by atoms with Crippen molar-refractivity contribution >= 4 is 18.3 Å². The molecule has 2 heterocycles. The third-order valence-corrected chi connectivity index (χ3v) is 4.32. The second-order valence-corrected chi connectivity index (χ2v) is 7.13. The van der Waals surface area contributed by atoms with Crippen LogP contribution in [0, 0.1) is 0 Å². The van der Waals surface area contributed by atoms with Crippen LogP contribution in [0.15, 0.2) is 0 Å². The Hall–Kier alpha value is -0.360. The third kappa shape index (κ3) is 5.40. The number of hydrogen-bond acceptors (Lipinski definition) is 4. The van der Waals surface area contributed by atoms with Gasteiger partial charge in [0.1, 0.15) is 0 Å².